The molecule has 0 aliphatic heterocycles. The van der Waals surface area contributed by atoms with Crippen LogP contribution in [0.3, 0.4) is 0 Å². The summed E-state index contributed by atoms with van der Waals surface area (Å²) in [5.41, 5.74) is 1.93. The van der Waals surface area contributed by atoms with E-state index in [2.05, 4.69) is 28.2 Å². The average Bonchev–Trinajstić information content (AvgIpc) is 2.46. The van der Waals surface area contributed by atoms with Gasteiger partial charge in [0.25, 0.3) is 0 Å². The maximum atomic E-state index is 5.34. The summed E-state index contributed by atoms with van der Waals surface area (Å²) in [7, 11) is 1.67. The van der Waals surface area contributed by atoms with Gasteiger partial charge in [0.05, 0.1) is 12.8 Å². The lowest BCUT2D eigenvalue weighted by atomic mass is 10.2. The lowest BCUT2D eigenvalue weighted by Crippen LogP contribution is -2.15. The van der Waals surface area contributed by atoms with E-state index < -0.39 is 0 Å². The molecule has 3 nitrogen and oxygen atoms in total. The van der Waals surface area contributed by atoms with Crippen molar-refractivity contribution in [2.75, 3.05) is 13.7 Å². The van der Waals surface area contributed by atoms with Gasteiger partial charge in [-0.05, 0) is 19.1 Å². The van der Waals surface area contributed by atoms with Crippen molar-refractivity contribution in [2.45, 2.75) is 19.9 Å². The van der Waals surface area contributed by atoms with Gasteiger partial charge in [0.15, 0.2) is 0 Å². The molecule has 19 heavy (non-hydrogen) atoms. The van der Waals surface area contributed by atoms with E-state index in [4.69, 9.17) is 4.74 Å². The molecule has 3 heteroatoms. The molecule has 2 rings (SSSR count). The second-order valence-electron chi connectivity index (χ2n) is 4.19. The highest BCUT2D eigenvalue weighted by atomic mass is 16.5. The van der Waals surface area contributed by atoms with Crippen LogP contribution in [0.15, 0.2) is 30.3 Å². The molecule has 0 fully saturated rings. The molecule has 1 N–H and O–H groups in total. The van der Waals surface area contributed by atoms with Crippen molar-refractivity contribution in [2.24, 2.45) is 0 Å². The van der Waals surface area contributed by atoms with Crippen molar-refractivity contribution in [1.29, 1.82) is 0 Å². The van der Waals surface area contributed by atoms with Crippen molar-refractivity contribution in [3.05, 3.63) is 36.0 Å². The molecule has 0 radical (unpaired) electrons. The Morgan fingerprint density at radius 1 is 1.26 bits per heavy atom. The Morgan fingerprint density at radius 3 is 2.95 bits per heavy atom. The number of fused-ring (bicyclic) bond motifs is 1. The fourth-order valence-electron chi connectivity index (χ4n) is 1.92. The number of nitrogens with one attached hydrogen (secondary N) is 1. The topological polar surface area (TPSA) is 34.1 Å². The Bertz CT molecular complexity index is 611. The third-order valence-corrected chi connectivity index (χ3v) is 2.87. The number of nitrogens with zero attached hydrogens (tertiary/aromatic N) is 1. The second kappa shape index (κ2) is 6.77. The molecular formula is C16H18N2O. The van der Waals surface area contributed by atoms with E-state index in [1.807, 2.05) is 31.2 Å². The molecule has 1 aromatic heterocycles. The SMILES string of the molecule is CC#CCCNCc1ccc2cccc(OC)c2n1. The predicted octanol–water partition coefficient (Wildman–Crippen LogP) is 2.75. The van der Waals surface area contributed by atoms with Crippen molar-refractivity contribution in [3.63, 3.8) is 0 Å². The molecule has 0 unspecified atom stereocenters. The number of hydrogen-bond donors (Lipinski definition) is 1. The fraction of sp³-hybridized carbons (Fsp3) is 0.312. The zero-order valence-corrected chi connectivity index (χ0v) is 11.4. The molecule has 0 saturated carbocycles. The van der Waals surface area contributed by atoms with Gasteiger partial charge in [-0.1, -0.05) is 18.2 Å². The lowest BCUT2D eigenvalue weighted by molar-refractivity contribution is 0.418. The van der Waals surface area contributed by atoms with Crippen molar-refractivity contribution < 1.29 is 4.74 Å². The molecule has 2 aromatic rings. The summed E-state index contributed by atoms with van der Waals surface area (Å²) >= 11 is 0. The fourth-order valence-corrected chi connectivity index (χ4v) is 1.92. The maximum absolute atomic E-state index is 5.34. The Morgan fingerprint density at radius 2 is 2.16 bits per heavy atom. The quantitative estimate of drug-likeness (QED) is 0.658. The highest BCUT2D eigenvalue weighted by Crippen LogP contribution is 2.23. The molecule has 0 saturated heterocycles. The number of pyridine rings is 1. The lowest BCUT2D eigenvalue weighted by Gasteiger charge is -2.07. The largest absolute Gasteiger partial charge is 0.494 e. The Balaban J connectivity index is 2.09. The molecule has 1 aromatic carbocycles. The first-order valence-corrected chi connectivity index (χ1v) is 6.38. The molecule has 1 heterocycles. The third kappa shape index (κ3) is 3.46. The Labute approximate surface area is 114 Å². The van der Waals surface area contributed by atoms with Gasteiger partial charge in [-0.15, -0.1) is 11.8 Å². The molecule has 0 bridgehead atoms. The van der Waals surface area contributed by atoms with Gasteiger partial charge in [-0.25, -0.2) is 4.98 Å². The van der Waals surface area contributed by atoms with E-state index >= 15 is 0 Å². The number of methoxy groups -OCH3 is 1. The highest BCUT2D eigenvalue weighted by Gasteiger charge is 2.03. The molecule has 0 atom stereocenters. The number of ether oxygens (including phenoxy) is 1. The first-order chi connectivity index (χ1) is 9.35. The molecule has 0 spiro atoms. The summed E-state index contributed by atoms with van der Waals surface area (Å²) < 4.78 is 5.34. The van der Waals surface area contributed by atoms with Crippen LogP contribution in [0.25, 0.3) is 10.9 Å². The van der Waals surface area contributed by atoms with Crippen LogP contribution >= 0.6 is 0 Å². The number of benzene rings is 1. The minimum Gasteiger partial charge on any atom is -0.494 e. The van der Waals surface area contributed by atoms with Crippen molar-refractivity contribution in [1.82, 2.24) is 10.3 Å². The number of hydrogen-bond acceptors (Lipinski definition) is 3. The van der Waals surface area contributed by atoms with E-state index in [9.17, 15) is 0 Å². The van der Waals surface area contributed by atoms with Gasteiger partial charge in [-0.3, -0.25) is 0 Å². The van der Waals surface area contributed by atoms with Gasteiger partial charge in [0.2, 0.25) is 0 Å². The maximum Gasteiger partial charge on any atom is 0.145 e. The van der Waals surface area contributed by atoms with E-state index in [-0.39, 0.29) is 0 Å². The van der Waals surface area contributed by atoms with Gasteiger partial charge in [0.1, 0.15) is 11.3 Å². The van der Waals surface area contributed by atoms with E-state index in [0.29, 0.717) is 0 Å². The van der Waals surface area contributed by atoms with Crippen LogP contribution in [0.2, 0.25) is 0 Å². The highest BCUT2D eigenvalue weighted by molar-refractivity contribution is 5.84. The first kappa shape index (κ1) is 13.4. The standard InChI is InChI=1S/C16H18N2O/c1-3-4-5-11-17-12-14-10-9-13-7-6-8-15(19-2)16(13)18-14/h6-10,17H,5,11-12H2,1-2H3. The number of rotatable bonds is 5. The zero-order valence-electron chi connectivity index (χ0n) is 11.4. The average molecular weight is 254 g/mol. The third-order valence-electron chi connectivity index (χ3n) is 2.87. The van der Waals surface area contributed by atoms with E-state index in [1.54, 1.807) is 7.11 Å². The van der Waals surface area contributed by atoms with Crippen LogP contribution in [0, 0.1) is 11.8 Å². The second-order valence-corrected chi connectivity index (χ2v) is 4.19. The van der Waals surface area contributed by atoms with Gasteiger partial charge in [-0.2, -0.15) is 0 Å². The normalized spacial score (nSPS) is 10.0. The summed E-state index contributed by atoms with van der Waals surface area (Å²) in [6, 6.07) is 10.1. The molecule has 0 aliphatic carbocycles. The summed E-state index contributed by atoms with van der Waals surface area (Å²) in [5, 5.41) is 4.43. The monoisotopic (exact) mass is 254 g/mol. The van der Waals surface area contributed by atoms with E-state index in [0.717, 1.165) is 41.9 Å². The summed E-state index contributed by atoms with van der Waals surface area (Å²) in [4.78, 5) is 4.64. The van der Waals surface area contributed by atoms with Crippen LogP contribution in [-0.4, -0.2) is 18.6 Å². The zero-order chi connectivity index (χ0) is 13.5. The van der Waals surface area contributed by atoms with Crippen LogP contribution in [0.4, 0.5) is 0 Å². The summed E-state index contributed by atoms with van der Waals surface area (Å²) in [5.74, 6) is 6.73. The number of para-hydroxylation sites is 1. The van der Waals surface area contributed by atoms with Crippen LogP contribution in [0.1, 0.15) is 19.0 Å². The molecule has 0 aliphatic rings. The summed E-state index contributed by atoms with van der Waals surface area (Å²) in [6.07, 6.45) is 0.868. The Hall–Kier alpha value is -2.05. The smallest absolute Gasteiger partial charge is 0.145 e. The van der Waals surface area contributed by atoms with Gasteiger partial charge < -0.3 is 10.1 Å². The minimum atomic E-state index is 0.749. The van der Waals surface area contributed by atoms with Crippen LogP contribution in [0.5, 0.6) is 5.75 Å². The minimum absolute atomic E-state index is 0.749. The summed E-state index contributed by atoms with van der Waals surface area (Å²) in [6.45, 7) is 3.49. The molecular weight excluding hydrogens is 236 g/mol. The number of aromatic nitrogens is 1. The first-order valence-electron chi connectivity index (χ1n) is 6.38. The van der Waals surface area contributed by atoms with Crippen molar-refractivity contribution >= 4 is 10.9 Å². The predicted molar refractivity (Wildman–Crippen MR) is 78.1 cm³/mol. The van der Waals surface area contributed by atoms with Crippen molar-refractivity contribution in [3.8, 4) is 17.6 Å². The van der Waals surface area contributed by atoms with Crippen LogP contribution in [-0.2, 0) is 6.54 Å². The van der Waals surface area contributed by atoms with Gasteiger partial charge in [0, 0.05) is 24.9 Å². The Kier molecular flexibility index (Phi) is 4.77. The molecule has 98 valence electrons. The van der Waals surface area contributed by atoms with E-state index in [1.165, 1.54) is 0 Å². The van der Waals surface area contributed by atoms with Gasteiger partial charge >= 0.3 is 0 Å². The van der Waals surface area contributed by atoms with Crippen LogP contribution < -0.4 is 10.1 Å². The molecule has 0 amide bonds.